The molecule has 0 spiro atoms. The van der Waals surface area contributed by atoms with Crippen LogP contribution in [0, 0.1) is 5.92 Å². The molecule has 12 amide bonds. The van der Waals surface area contributed by atoms with E-state index in [1.807, 2.05) is 0 Å². The summed E-state index contributed by atoms with van der Waals surface area (Å²) in [4.78, 5) is 177. The van der Waals surface area contributed by atoms with Crippen LogP contribution in [0.25, 0.3) is 0 Å². The molecule has 0 unspecified atom stereocenters. The number of benzene rings is 4. The molecular weight excluding hydrogens is 1390 g/mol. The van der Waals surface area contributed by atoms with Gasteiger partial charge in [-0.1, -0.05) is 122 Å². The molecule has 0 saturated carbocycles. The lowest BCUT2D eigenvalue weighted by molar-refractivity contribution is -0.254. The summed E-state index contributed by atoms with van der Waals surface area (Å²) in [6.45, 7) is 3.35. The van der Waals surface area contributed by atoms with Crippen molar-refractivity contribution in [1.29, 1.82) is 0 Å². The van der Waals surface area contributed by atoms with Crippen molar-refractivity contribution in [2.75, 3.05) is 20.2 Å². The first-order valence-electron chi connectivity index (χ1n) is 35.6. The van der Waals surface area contributed by atoms with Crippen LogP contribution in [0.15, 0.2) is 121 Å². The molecule has 576 valence electrons. The number of amides is 12. The largest absolute Gasteiger partial charge is 0.508 e. The Labute approximate surface area is 617 Å². The molecule has 15 atom stereocenters. The van der Waals surface area contributed by atoms with Crippen molar-refractivity contribution in [3.8, 4) is 5.75 Å². The summed E-state index contributed by atoms with van der Waals surface area (Å²) in [5, 5.41) is 64.5. The smallest absolute Gasteiger partial charge is 0.246 e. The van der Waals surface area contributed by atoms with Gasteiger partial charge in [0.15, 0.2) is 6.29 Å². The molecule has 4 heterocycles. The van der Waals surface area contributed by atoms with Crippen molar-refractivity contribution < 1.29 is 82.3 Å². The summed E-state index contributed by atoms with van der Waals surface area (Å²) < 4.78 is 12.3. The van der Waals surface area contributed by atoms with Gasteiger partial charge < -0.3 is 100 Å². The molecule has 34 nitrogen and oxygen atoms in total. The Bertz CT molecular complexity index is 3870. The van der Waals surface area contributed by atoms with Crippen molar-refractivity contribution in [2.45, 2.75) is 195 Å². The van der Waals surface area contributed by atoms with E-state index in [4.69, 9.17) is 32.4 Å². The lowest BCUT2D eigenvalue weighted by Crippen LogP contribution is -2.62. The topological polar surface area (TPSA) is 530 Å². The number of aliphatic hydroxyl groups is 2. The highest BCUT2D eigenvalue weighted by Gasteiger charge is 2.45. The van der Waals surface area contributed by atoms with Crippen LogP contribution in [-0.4, -0.2) is 217 Å². The van der Waals surface area contributed by atoms with E-state index < -0.39 is 194 Å². The number of nitrogens with two attached hydrogens (primary N) is 4. The van der Waals surface area contributed by atoms with Crippen molar-refractivity contribution >= 4 is 70.9 Å². The molecule has 4 aromatic carbocycles. The fourth-order valence-electron chi connectivity index (χ4n) is 12.9. The van der Waals surface area contributed by atoms with Crippen LogP contribution in [0.2, 0.25) is 0 Å². The van der Waals surface area contributed by atoms with Gasteiger partial charge >= 0.3 is 0 Å². The highest BCUT2D eigenvalue weighted by atomic mass is 16.7. The maximum atomic E-state index is 15.3. The second kappa shape index (κ2) is 39.5. The van der Waals surface area contributed by atoms with Gasteiger partial charge in [0, 0.05) is 58.4 Å². The molecule has 0 aliphatic carbocycles. The van der Waals surface area contributed by atoms with Gasteiger partial charge in [0.25, 0.3) is 0 Å². The number of aromatic hydroxyl groups is 1. The lowest BCUT2D eigenvalue weighted by atomic mass is 9.97. The third-order valence-electron chi connectivity index (χ3n) is 18.6. The molecule has 3 saturated heterocycles. The predicted octanol–water partition coefficient (Wildman–Crippen LogP) is -3.79. The molecule has 3 aliphatic rings. The van der Waals surface area contributed by atoms with E-state index >= 15 is 24.0 Å². The molecule has 0 radical (unpaired) electrons. The van der Waals surface area contributed by atoms with Gasteiger partial charge in [0.05, 0.1) is 24.7 Å². The second-order valence-corrected chi connectivity index (χ2v) is 27.4. The first-order chi connectivity index (χ1) is 51.2. The molecule has 20 N–H and O–H groups in total. The minimum atomic E-state index is -1.92. The normalized spacial score (nSPS) is 26.5. The number of rotatable bonds is 23. The van der Waals surface area contributed by atoms with Crippen LogP contribution < -0.4 is 70.8 Å². The highest BCUT2D eigenvalue weighted by molar-refractivity contribution is 6.01. The number of aliphatic hydroxyl groups excluding tert-OH is 2. The predicted molar refractivity (Wildman–Crippen MR) is 384 cm³/mol. The van der Waals surface area contributed by atoms with Crippen LogP contribution in [0.5, 0.6) is 5.75 Å². The molecule has 107 heavy (non-hydrogen) atoms. The van der Waals surface area contributed by atoms with Gasteiger partial charge in [-0.25, -0.2) is 4.68 Å². The summed E-state index contributed by atoms with van der Waals surface area (Å²) in [6.07, 6.45) is -7.16. The van der Waals surface area contributed by atoms with Gasteiger partial charge in [-0.2, -0.15) is 0 Å². The molecular formula is C73H97N17O17. The Morgan fingerprint density at radius 1 is 0.551 bits per heavy atom. The Kier molecular flexibility index (Phi) is 30.3. The second-order valence-electron chi connectivity index (χ2n) is 27.4. The number of phenolic OH excluding ortho intramolecular Hbond substituents is 1. The number of carbonyl (C=O) groups is 12. The van der Waals surface area contributed by atoms with E-state index in [0.29, 0.717) is 28.7 Å². The van der Waals surface area contributed by atoms with E-state index in [1.165, 1.54) is 47.2 Å². The van der Waals surface area contributed by atoms with Crippen LogP contribution in [0.4, 0.5) is 0 Å². The first kappa shape index (κ1) is 81.9. The number of aromatic nitrogens is 3. The Hall–Kier alpha value is -10.8. The standard InChI is InChI=1S/C73H97N17O17/c1-40(2)31-49-65(98)86-55(35-43-19-11-6-12-20-43)72(105)90-30-14-22-56(90)71(104)85-52(33-42-17-9-5-10-18-42)68(101)82-50(32-41-15-7-4-8-16-41)67(100)84-54(37-59(76)93)70(103)79-48(27-28-58(75)92)64(97)81-51(34-44-23-25-46(91)26-24-44)66(99)83-53(69(102)78-47(21-13-29-74)63(96)80-49)36-45-38-89(88-87-45)39-57-61(94)62(95)60(77)73(106-3)107-57/h4-12,15-20,23-26,38,40,47-57,60-62,73,91,94-95H,13-14,21-22,27-37,39,74,77H2,1-3H3,(H2,75,92)(H2,76,93)(H,78,102)(H,79,103)(H,80,96)(H,81,97)(H,82,101)(H,83,99)(H,84,100)(H,85,104)(H,86,98)/t47-,48-,49-,50+,51-,52-,53-,54-,55+,56-,57+,60+,61+,62+,73+/m0/s1. The monoisotopic (exact) mass is 1480 g/mol. The minimum absolute atomic E-state index is 0.00118. The summed E-state index contributed by atoms with van der Waals surface area (Å²) in [7, 11) is 1.29. The Morgan fingerprint density at radius 3 is 1.48 bits per heavy atom. The number of fused-ring (bicyclic) bond motifs is 1. The molecule has 1 aromatic heterocycles. The number of hydrogen-bond donors (Lipinski definition) is 16. The zero-order valence-electron chi connectivity index (χ0n) is 59.8. The third-order valence-corrected chi connectivity index (χ3v) is 18.6. The van der Waals surface area contributed by atoms with E-state index in [0.717, 1.165) is 0 Å². The van der Waals surface area contributed by atoms with Gasteiger partial charge in [-0.15, -0.1) is 5.10 Å². The molecule has 8 rings (SSSR count). The van der Waals surface area contributed by atoms with Crippen molar-refractivity contribution in [3.05, 3.63) is 149 Å². The Morgan fingerprint density at radius 2 is 0.981 bits per heavy atom. The number of nitrogens with zero attached hydrogens (tertiary/aromatic N) is 4. The fourth-order valence-corrected chi connectivity index (χ4v) is 12.9. The van der Waals surface area contributed by atoms with Gasteiger partial charge in [-0.05, 0) is 85.4 Å². The fraction of sp³-hybridized carbons (Fsp3) is 0.479. The minimum Gasteiger partial charge on any atom is -0.508 e. The van der Waals surface area contributed by atoms with Crippen LogP contribution in [0.1, 0.15) is 93.2 Å². The summed E-state index contributed by atoms with van der Waals surface area (Å²) in [6, 6.07) is 14.1. The number of ether oxygens (including phenoxy) is 2. The van der Waals surface area contributed by atoms with Crippen molar-refractivity contribution in [2.24, 2.45) is 28.9 Å². The van der Waals surface area contributed by atoms with Gasteiger partial charge in [0.2, 0.25) is 70.9 Å². The van der Waals surface area contributed by atoms with Crippen LogP contribution in [0.3, 0.4) is 0 Å². The van der Waals surface area contributed by atoms with Crippen molar-refractivity contribution in [1.82, 2.24) is 67.7 Å². The molecule has 3 aliphatic heterocycles. The SMILES string of the molecule is CO[C@@H]1O[C@H](Cn2cc(C[C@@H]3NC(=O)[C@H](Cc4ccc(O)cc4)NC(=O)[C@H](CCC(N)=O)NC(=O)[C@H](CC(N)=O)NC(=O)[C@@H](Cc4ccccc4)NC(=O)[C@H](Cc4ccccc4)NC(=O)[C@@H]4CCCN4C(=O)[C@@H](Cc4ccccc4)NC(=O)[C@H](CC(C)C)NC(=O)[C@H](CCCN)NC3=O)nn2)[C@@H](O)[C@H](O)[C@H]1N. The number of hydrogen-bond acceptors (Lipinski definition) is 21. The van der Waals surface area contributed by atoms with E-state index in [9.17, 15) is 48.9 Å². The zero-order valence-corrected chi connectivity index (χ0v) is 59.8. The molecule has 3 fully saturated rings. The molecule has 0 bridgehead atoms. The van der Waals surface area contributed by atoms with Crippen LogP contribution in [-0.2, 0) is 106 Å². The maximum absolute atomic E-state index is 15.3. The van der Waals surface area contributed by atoms with Gasteiger partial charge in [-0.3, -0.25) is 57.5 Å². The van der Waals surface area contributed by atoms with E-state index in [-0.39, 0.29) is 81.9 Å². The number of phenols is 1. The van der Waals surface area contributed by atoms with Gasteiger partial charge in [0.1, 0.15) is 84.5 Å². The van der Waals surface area contributed by atoms with Crippen molar-refractivity contribution in [3.63, 3.8) is 0 Å². The zero-order chi connectivity index (χ0) is 77.4. The highest BCUT2D eigenvalue weighted by Crippen LogP contribution is 2.24. The first-order valence-corrected chi connectivity index (χ1v) is 35.6. The van der Waals surface area contributed by atoms with E-state index in [1.54, 1.807) is 105 Å². The van der Waals surface area contributed by atoms with E-state index in [2.05, 4.69) is 58.2 Å². The number of methoxy groups -OCH3 is 1. The number of primary amides is 2. The lowest BCUT2D eigenvalue weighted by Gasteiger charge is -2.40. The summed E-state index contributed by atoms with van der Waals surface area (Å²) in [5.74, 6) is -12.2. The third kappa shape index (κ3) is 24.1. The number of carbonyl (C=O) groups excluding carboxylic acids is 12. The Balaban J connectivity index is 1.22. The summed E-state index contributed by atoms with van der Waals surface area (Å²) >= 11 is 0. The average Bonchev–Trinajstić information content (AvgIpc) is 1.04. The van der Waals surface area contributed by atoms with Crippen LogP contribution >= 0.6 is 0 Å². The summed E-state index contributed by atoms with van der Waals surface area (Å²) in [5.41, 5.74) is 25.3. The number of nitrogens with one attached hydrogen (secondary N) is 9. The molecule has 5 aromatic rings. The average molecular weight is 1480 g/mol. The maximum Gasteiger partial charge on any atom is 0.246 e. The molecule has 34 heteroatoms. The quantitative estimate of drug-likeness (QED) is 0.0298.